The fourth-order valence-corrected chi connectivity index (χ4v) is 2.45. The molecule has 0 amide bonds. The molecule has 0 N–H and O–H groups in total. The van der Waals surface area contributed by atoms with Crippen molar-refractivity contribution < 1.29 is 13.2 Å². The van der Waals surface area contributed by atoms with Crippen LogP contribution in [0.3, 0.4) is 0 Å². The molecule has 21 heavy (non-hydrogen) atoms. The SMILES string of the molecule is FC(F)(F)c1nnc2n1CCN(c1nc(Cl)ncc1Cl)C2. The van der Waals surface area contributed by atoms with Crippen molar-refractivity contribution in [3.8, 4) is 0 Å². The maximum atomic E-state index is 12.8. The number of fused-ring (bicyclic) bond motifs is 1. The van der Waals surface area contributed by atoms with Crippen LogP contribution in [0.1, 0.15) is 11.6 Å². The molecule has 2 aromatic rings. The predicted molar refractivity (Wildman–Crippen MR) is 68.1 cm³/mol. The lowest BCUT2D eigenvalue weighted by molar-refractivity contribution is -0.147. The van der Waals surface area contributed by atoms with E-state index in [9.17, 15) is 13.2 Å². The minimum atomic E-state index is -4.52. The van der Waals surface area contributed by atoms with Crippen molar-refractivity contribution in [3.05, 3.63) is 28.2 Å². The summed E-state index contributed by atoms with van der Waals surface area (Å²) >= 11 is 11.7. The van der Waals surface area contributed by atoms with Gasteiger partial charge in [0.25, 0.3) is 0 Å². The van der Waals surface area contributed by atoms with Gasteiger partial charge in [0.05, 0.1) is 12.7 Å². The fraction of sp³-hybridized carbons (Fsp3) is 0.400. The number of rotatable bonds is 1. The first-order valence-electron chi connectivity index (χ1n) is 5.78. The molecule has 0 fully saturated rings. The van der Waals surface area contributed by atoms with Gasteiger partial charge in [0, 0.05) is 13.1 Å². The van der Waals surface area contributed by atoms with E-state index in [1.54, 1.807) is 4.90 Å². The molecule has 0 atom stereocenters. The molecule has 0 aromatic carbocycles. The lowest BCUT2D eigenvalue weighted by Crippen LogP contribution is -2.36. The molecule has 0 saturated heterocycles. The number of aromatic nitrogens is 5. The highest BCUT2D eigenvalue weighted by atomic mass is 35.5. The lowest BCUT2D eigenvalue weighted by Gasteiger charge is -2.29. The van der Waals surface area contributed by atoms with Crippen LogP contribution in [0.25, 0.3) is 0 Å². The van der Waals surface area contributed by atoms with Gasteiger partial charge in [0.2, 0.25) is 11.1 Å². The van der Waals surface area contributed by atoms with Gasteiger partial charge in [-0.2, -0.15) is 18.2 Å². The van der Waals surface area contributed by atoms with E-state index >= 15 is 0 Å². The van der Waals surface area contributed by atoms with Crippen molar-refractivity contribution in [3.63, 3.8) is 0 Å². The van der Waals surface area contributed by atoms with Crippen LogP contribution in [-0.2, 0) is 19.3 Å². The third-order valence-corrected chi connectivity index (χ3v) is 3.45. The van der Waals surface area contributed by atoms with Gasteiger partial charge >= 0.3 is 6.18 Å². The quantitative estimate of drug-likeness (QED) is 0.747. The van der Waals surface area contributed by atoms with Gasteiger partial charge in [0.1, 0.15) is 5.02 Å². The van der Waals surface area contributed by atoms with E-state index in [2.05, 4.69) is 20.2 Å². The number of hydrogen-bond donors (Lipinski definition) is 0. The van der Waals surface area contributed by atoms with E-state index in [0.29, 0.717) is 5.82 Å². The summed E-state index contributed by atoms with van der Waals surface area (Å²) in [4.78, 5) is 9.40. The van der Waals surface area contributed by atoms with Crippen molar-refractivity contribution in [1.29, 1.82) is 0 Å². The molecule has 0 spiro atoms. The Labute approximate surface area is 126 Å². The van der Waals surface area contributed by atoms with Crippen LogP contribution >= 0.6 is 23.2 Å². The molecule has 2 aromatic heterocycles. The number of halogens is 5. The standard InChI is InChI=1S/C10H7Cl2F3N6/c11-5-3-16-9(12)17-7(5)20-1-2-21-6(4-20)18-19-8(21)10(13,14)15/h3H,1-2,4H2. The Morgan fingerprint density at radius 3 is 2.62 bits per heavy atom. The van der Waals surface area contributed by atoms with Crippen molar-refractivity contribution in [1.82, 2.24) is 24.7 Å². The highest BCUT2D eigenvalue weighted by Crippen LogP contribution is 2.31. The zero-order valence-corrected chi connectivity index (χ0v) is 11.8. The van der Waals surface area contributed by atoms with Crippen molar-refractivity contribution >= 4 is 29.0 Å². The van der Waals surface area contributed by atoms with Gasteiger partial charge < -0.3 is 9.47 Å². The summed E-state index contributed by atoms with van der Waals surface area (Å²) in [5.74, 6) is -0.442. The monoisotopic (exact) mass is 338 g/mol. The van der Waals surface area contributed by atoms with Gasteiger partial charge in [-0.15, -0.1) is 10.2 Å². The fourth-order valence-electron chi connectivity index (χ4n) is 2.11. The molecule has 0 bridgehead atoms. The Balaban J connectivity index is 1.92. The summed E-state index contributed by atoms with van der Waals surface area (Å²) in [5.41, 5.74) is 0. The topological polar surface area (TPSA) is 59.7 Å². The highest BCUT2D eigenvalue weighted by molar-refractivity contribution is 6.33. The molecule has 3 heterocycles. The lowest BCUT2D eigenvalue weighted by atomic mass is 10.3. The first kappa shape index (κ1) is 14.3. The molecule has 11 heteroatoms. The van der Waals surface area contributed by atoms with Crippen LogP contribution < -0.4 is 4.90 Å². The number of hydrogen-bond acceptors (Lipinski definition) is 5. The summed E-state index contributed by atoms with van der Waals surface area (Å²) in [7, 11) is 0. The average molecular weight is 339 g/mol. The van der Waals surface area contributed by atoms with Crippen molar-refractivity contribution in [2.75, 3.05) is 11.4 Å². The smallest absolute Gasteiger partial charge is 0.346 e. The predicted octanol–water partition coefficient (Wildman–Crippen LogP) is 2.41. The summed E-state index contributed by atoms with van der Waals surface area (Å²) in [5, 5.41) is 7.07. The number of alkyl halides is 3. The maximum absolute atomic E-state index is 12.8. The second-order valence-corrected chi connectivity index (χ2v) is 5.07. The normalized spacial score (nSPS) is 15.2. The zero-order valence-electron chi connectivity index (χ0n) is 10.3. The van der Waals surface area contributed by atoms with Crippen molar-refractivity contribution in [2.24, 2.45) is 0 Å². The zero-order chi connectivity index (χ0) is 15.2. The molecule has 0 radical (unpaired) electrons. The van der Waals surface area contributed by atoms with Gasteiger partial charge in [-0.3, -0.25) is 0 Å². The molecule has 3 rings (SSSR count). The second kappa shape index (κ2) is 4.99. The van der Waals surface area contributed by atoms with Crippen LogP contribution in [0.4, 0.5) is 19.0 Å². The van der Waals surface area contributed by atoms with E-state index < -0.39 is 12.0 Å². The highest BCUT2D eigenvalue weighted by Gasteiger charge is 2.39. The molecule has 6 nitrogen and oxygen atoms in total. The van der Waals surface area contributed by atoms with Crippen molar-refractivity contribution in [2.45, 2.75) is 19.3 Å². The van der Waals surface area contributed by atoms with E-state index in [1.165, 1.54) is 6.20 Å². The summed E-state index contributed by atoms with van der Waals surface area (Å²) in [6, 6.07) is 0. The van der Waals surface area contributed by atoms with E-state index in [-0.39, 0.29) is 35.8 Å². The van der Waals surface area contributed by atoms with Crippen LogP contribution in [0.2, 0.25) is 10.3 Å². The van der Waals surface area contributed by atoms with Crippen LogP contribution in [0, 0.1) is 0 Å². The van der Waals surface area contributed by atoms with E-state index in [1.807, 2.05) is 0 Å². The summed E-state index contributed by atoms with van der Waals surface area (Å²) in [6.07, 6.45) is -3.18. The van der Waals surface area contributed by atoms with Crippen LogP contribution in [0.15, 0.2) is 6.20 Å². The number of nitrogens with zero attached hydrogens (tertiary/aromatic N) is 6. The molecule has 1 aliphatic heterocycles. The second-order valence-electron chi connectivity index (χ2n) is 4.32. The largest absolute Gasteiger partial charge is 0.451 e. The van der Waals surface area contributed by atoms with Gasteiger partial charge in [-0.1, -0.05) is 11.6 Å². The third-order valence-electron chi connectivity index (χ3n) is 3.00. The Kier molecular flexibility index (Phi) is 3.40. The Morgan fingerprint density at radius 2 is 1.90 bits per heavy atom. The first-order valence-corrected chi connectivity index (χ1v) is 6.54. The molecule has 1 aliphatic rings. The van der Waals surface area contributed by atoms with Crippen LogP contribution in [-0.4, -0.2) is 31.3 Å². The van der Waals surface area contributed by atoms with Gasteiger partial charge in [-0.05, 0) is 11.6 Å². The Bertz CT molecular complexity index is 686. The summed E-state index contributed by atoms with van der Waals surface area (Å²) < 4.78 is 39.3. The molecule has 0 saturated carbocycles. The molecular formula is C10H7Cl2F3N6. The third kappa shape index (κ3) is 2.62. The number of anilines is 1. The molecule has 0 unspecified atom stereocenters. The average Bonchev–Trinajstić information content (AvgIpc) is 2.84. The van der Waals surface area contributed by atoms with Gasteiger partial charge in [-0.25, -0.2) is 4.98 Å². The first-order chi connectivity index (χ1) is 9.86. The Hall–Kier alpha value is -1.61. The summed E-state index contributed by atoms with van der Waals surface area (Å²) in [6.45, 7) is 0.465. The maximum Gasteiger partial charge on any atom is 0.451 e. The van der Waals surface area contributed by atoms with E-state index in [0.717, 1.165) is 4.57 Å². The molecule has 0 aliphatic carbocycles. The molecule has 112 valence electrons. The van der Waals surface area contributed by atoms with E-state index in [4.69, 9.17) is 23.2 Å². The van der Waals surface area contributed by atoms with Gasteiger partial charge in [0.15, 0.2) is 11.6 Å². The molecular weight excluding hydrogens is 332 g/mol. The minimum absolute atomic E-state index is 0.0115. The minimum Gasteiger partial charge on any atom is -0.346 e. The van der Waals surface area contributed by atoms with Crippen LogP contribution in [0.5, 0.6) is 0 Å². The Morgan fingerprint density at radius 1 is 1.14 bits per heavy atom.